The predicted molar refractivity (Wildman–Crippen MR) is 79.7 cm³/mol. The van der Waals surface area contributed by atoms with Crippen molar-refractivity contribution >= 4 is 21.8 Å². The van der Waals surface area contributed by atoms with Crippen molar-refractivity contribution in [3.8, 4) is 0 Å². The van der Waals surface area contributed by atoms with E-state index in [0.29, 0.717) is 12.2 Å². The fourth-order valence-corrected chi connectivity index (χ4v) is 2.51. The molecule has 5 nitrogen and oxygen atoms in total. The molecule has 1 N–H and O–H groups in total. The van der Waals surface area contributed by atoms with Gasteiger partial charge in [-0.15, -0.1) is 0 Å². The van der Waals surface area contributed by atoms with E-state index in [-0.39, 0.29) is 11.9 Å². The minimum Gasteiger partial charge on any atom is -0.361 e. The average Bonchev–Trinajstić information content (AvgIpc) is 2.91. The first-order valence-electron chi connectivity index (χ1n) is 6.47. The molecule has 0 unspecified atom stereocenters. The number of nitrogens with one attached hydrogen (secondary N) is 1. The van der Waals surface area contributed by atoms with E-state index in [0.717, 1.165) is 21.5 Å². The third kappa shape index (κ3) is 2.95. The molecule has 0 aliphatic carbocycles. The molecule has 0 saturated heterocycles. The summed E-state index contributed by atoms with van der Waals surface area (Å²) in [5, 5.41) is 6.79. The fraction of sp³-hybridized carbons (Fsp3) is 0.429. The smallest absolute Gasteiger partial charge is 0.268 e. The number of aromatic nitrogens is 2. The Hall–Kier alpha value is -1.56. The molecule has 0 aliphatic rings. The molecular formula is C14H18BrN3O2. The molecule has 0 aromatic carbocycles. The molecule has 0 aliphatic heterocycles. The SMILES string of the molecule is Cc1noc(C)c1CNC(=O)c1cc(Br)cn1C(C)C. The van der Waals surface area contributed by atoms with E-state index < -0.39 is 0 Å². The van der Waals surface area contributed by atoms with E-state index in [1.807, 2.05) is 44.5 Å². The number of hydrogen-bond donors (Lipinski definition) is 1. The zero-order chi connectivity index (χ0) is 14.9. The van der Waals surface area contributed by atoms with Crippen LogP contribution in [0.5, 0.6) is 0 Å². The van der Waals surface area contributed by atoms with Gasteiger partial charge in [0.1, 0.15) is 11.5 Å². The lowest BCUT2D eigenvalue weighted by molar-refractivity contribution is 0.0940. The third-order valence-corrected chi connectivity index (χ3v) is 3.64. The lowest BCUT2D eigenvalue weighted by Crippen LogP contribution is -2.26. The number of carbonyl (C=O) groups excluding carboxylic acids is 1. The molecule has 20 heavy (non-hydrogen) atoms. The molecule has 2 aromatic rings. The van der Waals surface area contributed by atoms with Crippen LogP contribution in [0.15, 0.2) is 21.3 Å². The Morgan fingerprint density at radius 3 is 2.75 bits per heavy atom. The quantitative estimate of drug-likeness (QED) is 0.928. The first kappa shape index (κ1) is 14.8. The van der Waals surface area contributed by atoms with Gasteiger partial charge < -0.3 is 14.4 Å². The van der Waals surface area contributed by atoms with Crippen LogP contribution in [0.4, 0.5) is 0 Å². The van der Waals surface area contributed by atoms with E-state index in [9.17, 15) is 4.79 Å². The number of carbonyl (C=O) groups is 1. The van der Waals surface area contributed by atoms with Gasteiger partial charge in [-0.05, 0) is 49.7 Å². The van der Waals surface area contributed by atoms with Gasteiger partial charge in [-0.1, -0.05) is 5.16 Å². The first-order chi connectivity index (χ1) is 9.40. The number of halogens is 1. The van der Waals surface area contributed by atoms with E-state index in [2.05, 4.69) is 26.4 Å². The second-order valence-electron chi connectivity index (χ2n) is 5.03. The summed E-state index contributed by atoms with van der Waals surface area (Å²) in [6, 6.07) is 2.05. The van der Waals surface area contributed by atoms with Crippen LogP contribution >= 0.6 is 15.9 Å². The van der Waals surface area contributed by atoms with Gasteiger partial charge in [-0.25, -0.2) is 0 Å². The number of aryl methyl sites for hydroxylation is 2. The summed E-state index contributed by atoms with van der Waals surface area (Å²) in [5.41, 5.74) is 2.38. The maximum atomic E-state index is 12.3. The average molecular weight is 340 g/mol. The van der Waals surface area contributed by atoms with E-state index >= 15 is 0 Å². The molecule has 0 saturated carbocycles. The molecule has 2 rings (SSSR count). The second-order valence-corrected chi connectivity index (χ2v) is 5.95. The highest BCUT2D eigenvalue weighted by atomic mass is 79.9. The molecular weight excluding hydrogens is 322 g/mol. The van der Waals surface area contributed by atoms with Gasteiger partial charge in [0.15, 0.2) is 0 Å². The number of hydrogen-bond acceptors (Lipinski definition) is 3. The Morgan fingerprint density at radius 1 is 1.50 bits per heavy atom. The molecule has 0 atom stereocenters. The Labute approximate surface area is 126 Å². The number of nitrogens with zero attached hydrogens (tertiary/aromatic N) is 2. The van der Waals surface area contributed by atoms with Crippen LogP contribution in [0.3, 0.4) is 0 Å². The van der Waals surface area contributed by atoms with Gasteiger partial charge in [0, 0.05) is 28.8 Å². The number of amides is 1. The minimum atomic E-state index is -0.107. The van der Waals surface area contributed by atoms with Crippen LogP contribution in [0.2, 0.25) is 0 Å². The van der Waals surface area contributed by atoms with Crippen LogP contribution in [-0.2, 0) is 6.54 Å². The normalized spacial score (nSPS) is 11.1. The monoisotopic (exact) mass is 339 g/mol. The Morgan fingerprint density at radius 2 is 2.20 bits per heavy atom. The Bertz CT molecular complexity index is 609. The molecule has 108 valence electrons. The van der Waals surface area contributed by atoms with Crippen LogP contribution in [0, 0.1) is 13.8 Å². The van der Waals surface area contributed by atoms with Gasteiger partial charge in [-0.2, -0.15) is 0 Å². The summed E-state index contributed by atoms with van der Waals surface area (Å²) in [5.74, 6) is 0.632. The standard InChI is InChI=1S/C14H18BrN3O2/c1-8(2)18-7-11(15)5-13(18)14(19)16-6-12-9(3)17-20-10(12)4/h5,7-8H,6H2,1-4H3,(H,16,19). The summed E-state index contributed by atoms with van der Waals surface area (Å²) in [7, 11) is 0. The molecule has 6 heteroatoms. The zero-order valence-corrected chi connectivity index (χ0v) is 13.6. The van der Waals surface area contributed by atoms with Crippen molar-refractivity contribution in [2.24, 2.45) is 0 Å². The highest BCUT2D eigenvalue weighted by Crippen LogP contribution is 2.19. The van der Waals surface area contributed by atoms with Gasteiger partial charge >= 0.3 is 0 Å². The van der Waals surface area contributed by atoms with Crippen LogP contribution in [0.25, 0.3) is 0 Å². The van der Waals surface area contributed by atoms with Crippen molar-refractivity contribution in [3.63, 3.8) is 0 Å². The summed E-state index contributed by atoms with van der Waals surface area (Å²) in [6.45, 7) is 8.20. The molecule has 2 aromatic heterocycles. The Balaban J connectivity index is 2.13. The minimum absolute atomic E-state index is 0.107. The molecule has 0 bridgehead atoms. The van der Waals surface area contributed by atoms with E-state index in [4.69, 9.17) is 4.52 Å². The van der Waals surface area contributed by atoms with E-state index in [1.54, 1.807) is 0 Å². The summed E-state index contributed by atoms with van der Waals surface area (Å²) in [4.78, 5) is 12.3. The lowest BCUT2D eigenvalue weighted by atomic mass is 10.2. The molecule has 0 radical (unpaired) electrons. The van der Waals surface area contributed by atoms with Gasteiger partial charge in [0.25, 0.3) is 5.91 Å². The number of rotatable bonds is 4. The van der Waals surface area contributed by atoms with Crippen LogP contribution in [0.1, 0.15) is 47.4 Å². The summed E-state index contributed by atoms with van der Waals surface area (Å²) < 4.78 is 7.92. The maximum absolute atomic E-state index is 12.3. The van der Waals surface area contributed by atoms with Crippen molar-refractivity contribution < 1.29 is 9.32 Å². The first-order valence-corrected chi connectivity index (χ1v) is 7.26. The van der Waals surface area contributed by atoms with Gasteiger partial charge in [-0.3, -0.25) is 4.79 Å². The molecule has 2 heterocycles. The third-order valence-electron chi connectivity index (χ3n) is 3.21. The summed E-state index contributed by atoms with van der Waals surface area (Å²) >= 11 is 3.41. The topological polar surface area (TPSA) is 60.1 Å². The highest BCUT2D eigenvalue weighted by molar-refractivity contribution is 9.10. The maximum Gasteiger partial charge on any atom is 0.268 e. The van der Waals surface area contributed by atoms with E-state index in [1.165, 1.54) is 0 Å². The van der Waals surface area contributed by atoms with Crippen molar-refractivity contribution in [1.82, 2.24) is 15.0 Å². The zero-order valence-electron chi connectivity index (χ0n) is 12.0. The van der Waals surface area contributed by atoms with Crippen molar-refractivity contribution in [2.75, 3.05) is 0 Å². The van der Waals surface area contributed by atoms with Crippen LogP contribution < -0.4 is 5.32 Å². The predicted octanol–water partition coefficient (Wildman–Crippen LogP) is 3.37. The lowest BCUT2D eigenvalue weighted by Gasteiger charge is -2.12. The molecule has 1 amide bonds. The van der Waals surface area contributed by atoms with Gasteiger partial charge in [0.2, 0.25) is 0 Å². The molecule has 0 spiro atoms. The van der Waals surface area contributed by atoms with Gasteiger partial charge in [0.05, 0.1) is 5.69 Å². The Kier molecular flexibility index (Phi) is 4.32. The largest absolute Gasteiger partial charge is 0.361 e. The summed E-state index contributed by atoms with van der Waals surface area (Å²) in [6.07, 6.45) is 1.91. The van der Waals surface area contributed by atoms with Crippen molar-refractivity contribution in [2.45, 2.75) is 40.3 Å². The van der Waals surface area contributed by atoms with Crippen molar-refractivity contribution in [1.29, 1.82) is 0 Å². The highest BCUT2D eigenvalue weighted by Gasteiger charge is 2.16. The fourth-order valence-electron chi connectivity index (χ4n) is 2.07. The molecule has 0 fully saturated rings. The van der Waals surface area contributed by atoms with Crippen LogP contribution in [-0.4, -0.2) is 15.6 Å². The van der Waals surface area contributed by atoms with Crippen molar-refractivity contribution in [3.05, 3.63) is 39.4 Å². The second kappa shape index (κ2) is 5.83.